The molecule has 1 aliphatic heterocycles. The highest BCUT2D eigenvalue weighted by atomic mass is 16.6. The Labute approximate surface area is 129 Å². The van der Waals surface area contributed by atoms with Crippen LogP contribution in [0.4, 0.5) is 4.79 Å². The van der Waals surface area contributed by atoms with Crippen LogP contribution in [0.3, 0.4) is 0 Å². The van der Waals surface area contributed by atoms with E-state index in [2.05, 4.69) is 4.98 Å². The number of benzene rings is 1. The smallest absolute Gasteiger partial charge is 0.412 e. The lowest BCUT2D eigenvalue weighted by Gasteiger charge is -2.23. The molecule has 0 aliphatic carbocycles. The van der Waals surface area contributed by atoms with E-state index in [0.29, 0.717) is 0 Å². The van der Waals surface area contributed by atoms with Crippen molar-refractivity contribution in [3.63, 3.8) is 0 Å². The van der Waals surface area contributed by atoms with E-state index in [0.717, 1.165) is 11.3 Å². The van der Waals surface area contributed by atoms with Gasteiger partial charge in [-0.15, -0.1) is 0 Å². The van der Waals surface area contributed by atoms with Crippen LogP contribution in [0.15, 0.2) is 54.7 Å². The van der Waals surface area contributed by atoms with Crippen molar-refractivity contribution in [1.29, 1.82) is 0 Å². The second kappa shape index (κ2) is 6.58. The van der Waals surface area contributed by atoms with Crippen molar-refractivity contribution in [3.05, 3.63) is 66.0 Å². The average molecular weight is 298 g/mol. The summed E-state index contributed by atoms with van der Waals surface area (Å²) in [6, 6.07) is 15.0. The second-order valence-electron chi connectivity index (χ2n) is 5.21. The van der Waals surface area contributed by atoms with E-state index in [-0.39, 0.29) is 31.6 Å². The third-order valence-corrected chi connectivity index (χ3v) is 3.69. The van der Waals surface area contributed by atoms with Gasteiger partial charge in [0.15, 0.2) is 0 Å². The fraction of sp³-hybridized carbons (Fsp3) is 0.294. The van der Waals surface area contributed by atoms with E-state index in [1.807, 2.05) is 55.5 Å². The van der Waals surface area contributed by atoms with Gasteiger partial charge in [-0.3, -0.25) is 9.88 Å². The topological polar surface area (TPSA) is 51.7 Å². The predicted octanol–water partition coefficient (Wildman–Crippen LogP) is 3.14. The number of aromatic nitrogens is 1. The van der Waals surface area contributed by atoms with Gasteiger partial charge in [0.1, 0.15) is 19.4 Å². The van der Waals surface area contributed by atoms with E-state index in [9.17, 15) is 4.79 Å². The molecular weight excluding hydrogens is 280 g/mol. The van der Waals surface area contributed by atoms with Crippen LogP contribution in [0.5, 0.6) is 0 Å². The molecule has 2 atom stereocenters. The summed E-state index contributed by atoms with van der Waals surface area (Å²) in [6.07, 6.45) is 1.22. The van der Waals surface area contributed by atoms with Crippen molar-refractivity contribution in [1.82, 2.24) is 9.88 Å². The molecule has 1 aliphatic rings. The van der Waals surface area contributed by atoms with Crippen LogP contribution in [0.1, 0.15) is 24.2 Å². The van der Waals surface area contributed by atoms with E-state index < -0.39 is 0 Å². The molecule has 0 N–H and O–H groups in total. The Morgan fingerprint density at radius 3 is 2.77 bits per heavy atom. The third-order valence-electron chi connectivity index (χ3n) is 3.69. The molecule has 1 fully saturated rings. The number of nitrogens with zero attached hydrogens (tertiary/aromatic N) is 2. The molecule has 5 heteroatoms. The fourth-order valence-electron chi connectivity index (χ4n) is 2.54. The average Bonchev–Trinajstić information content (AvgIpc) is 2.96. The number of hydrogen-bond donors (Lipinski definition) is 0. The molecule has 0 bridgehead atoms. The zero-order valence-electron chi connectivity index (χ0n) is 12.4. The minimum absolute atomic E-state index is 0.112. The zero-order chi connectivity index (χ0) is 15.4. The molecule has 3 rings (SSSR count). The molecule has 1 amide bonds. The van der Waals surface area contributed by atoms with Crippen LogP contribution in [0, 0.1) is 0 Å². The van der Waals surface area contributed by atoms with Crippen LogP contribution in [0.2, 0.25) is 0 Å². The Kier molecular flexibility index (Phi) is 4.34. The van der Waals surface area contributed by atoms with Gasteiger partial charge in [0.05, 0.1) is 11.8 Å². The Balaban J connectivity index is 1.68. The van der Waals surface area contributed by atoms with E-state index in [1.54, 1.807) is 11.1 Å². The normalized spacial score (nSPS) is 20.9. The van der Waals surface area contributed by atoms with Crippen molar-refractivity contribution in [2.45, 2.75) is 25.7 Å². The summed E-state index contributed by atoms with van der Waals surface area (Å²) < 4.78 is 11.0. The minimum Gasteiger partial charge on any atom is -0.444 e. The molecule has 114 valence electrons. The van der Waals surface area contributed by atoms with Gasteiger partial charge in [-0.2, -0.15) is 0 Å². The number of amides is 1. The summed E-state index contributed by atoms with van der Waals surface area (Å²) in [5, 5.41) is 0. The molecule has 1 aromatic carbocycles. The highest BCUT2D eigenvalue weighted by Crippen LogP contribution is 2.31. The minimum atomic E-state index is -0.385. The lowest BCUT2D eigenvalue weighted by molar-refractivity contribution is 0.0703. The Bertz CT molecular complexity index is 618. The molecule has 0 unspecified atom stereocenters. The molecule has 22 heavy (non-hydrogen) atoms. The number of ether oxygens (including phenoxy) is 2. The maximum Gasteiger partial charge on any atom is 0.412 e. The molecule has 0 saturated carbocycles. The first-order valence-corrected chi connectivity index (χ1v) is 7.25. The molecular formula is C17H18N2O3. The van der Waals surface area contributed by atoms with Crippen molar-refractivity contribution in [3.8, 4) is 0 Å². The monoisotopic (exact) mass is 298 g/mol. The molecule has 0 spiro atoms. The highest BCUT2D eigenvalue weighted by molar-refractivity contribution is 5.68. The maximum atomic E-state index is 12.3. The number of carbonyl (C=O) groups is 1. The van der Waals surface area contributed by atoms with Crippen LogP contribution in [-0.4, -0.2) is 28.8 Å². The van der Waals surface area contributed by atoms with Crippen LogP contribution >= 0.6 is 0 Å². The summed E-state index contributed by atoms with van der Waals surface area (Å²) in [5.41, 5.74) is 1.77. The van der Waals surface area contributed by atoms with Crippen LogP contribution in [-0.2, 0) is 16.1 Å². The van der Waals surface area contributed by atoms with Crippen molar-refractivity contribution < 1.29 is 14.3 Å². The Hall–Kier alpha value is -2.40. The van der Waals surface area contributed by atoms with Gasteiger partial charge in [0.2, 0.25) is 0 Å². The standard InChI is InChI=1S/C17H18N2O3/c1-13-16(15-9-5-6-10-18-15)19(12-22-13)17(20)21-11-14-7-3-2-4-8-14/h2-10,13,16H,11-12H2,1H3/t13-,16+/m1/s1. The summed E-state index contributed by atoms with van der Waals surface area (Å²) in [6.45, 7) is 2.40. The summed E-state index contributed by atoms with van der Waals surface area (Å²) >= 11 is 0. The Morgan fingerprint density at radius 2 is 2.05 bits per heavy atom. The van der Waals surface area contributed by atoms with Gasteiger partial charge in [0, 0.05) is 6.20 Å². The van der Waals surface area contributed by atoms with E-state index in [4.69, 9.17) is 9.47 Å². The largest absolute Gasteiger partial charge is 0.444 e. The maximum absolute atomic E-state index is 12.3. The number of pyridine rings is 1. The number of rotatable bonds is 3. The van der Waals surface area contributed by atoms with Gasteiger partial charge in [0.25, 0.3) is 0 Å². The first-order chi connectivity index (χ1) is 10.8. The van der Waals surface area contributed by atoms with Crippen LogP contribution < -0.4 is 0 Å². The van der Waals surface area contributed by atoms with Crippen molar-refractivity contribution in [2.24, 2.45) is 0 Å². The van der Waals surface area contributed by atoms with Crippen LogP contribution in [0.25, 0.3) is 0 Å². The fourth-order valence-corrected chi connectivity index (χ4v) is 2.54. The lowest BCUT2D eigenvalue weighted by Crippen LogP contribution is -2.33. The van der Waals surface area contributed by atoms with Gasteiger partial charge in [-0.1, -0.05) is 36.4 Å². The zero-order valence-corrected chi connectivity index (χ0v) is 12.4. The van der Waals surface area contributed by atoms with Gasteiger partial charge >= 0.3 is 6.09 Å². The lowest BCUT2D eigenvalue weighted by atomic mass is 10.1. The quantitative estimate of drug-likeness (QED) is 0.873. The second-order valence-corrected chi connectivity index (χ2v) is 5.21. The first-order valence-electron chi connectivity index (χ1n) is 7.25. The van der Waals surface area contributed by atoms with Crippen molar-refractivity contribution in [2.75, 3.05) is 6.73 Å². The summed E-state index contributed by atoms with van der Waals surface area (Å²) in [7, 11) is 0. The first kappa shape index (κ1) is 14.5. The molecule has 0 radical (unpaired) electrons. The molecule has 5 nitrogen and oxygen atoms in total. The van der Waals surface area contributed by atoms with Gasteiger partial charge in [-0.05, 0) is 24.6 Å². The Morgan fingerprint density at radius 1 is 1.27 bits per heavy atom. The third kappa shape index (κ3) is 3.09. The van der Waals surface area contributed by atoms with E-state index in [1.165, 1.54) is 0 Å². The summed E-state index contributed by atoms with van der Waals surface area (Å²) in [5.74, 6) is 0. The van der Waals surface area contributed by atoms with E-state index >= 15 is 0 Å². The molecule has 1 saturated heterocycles. The summed E-state index contributed by atoms with van der Waals surface area (Å²) in [4.78, 5) is 18.3. The predicted molar refractivity (Wildman–Crippen MR) is 80.9 cm³/mol. The highest BCUT2D eigenvalue weighted by Gasteiger charge is 2.38. The molecule has 1 aromatic heterocycles. The number of carbonyl (C=O) groups excluding carboxylic acids is 1. The number of hydrogen-bond acceptors (Lipinski definition) is 4. The van der Waals surface area contributed by atoms with Crippen molar-refractivity contribution >= 4 is 6.09 Å². The molecule has 2 aromatic rings. The molecule has 2 heterocycles. The SMILES string of the molecule is C[C@H]1OCN(C(=O)OCc2ccccc2)[C@@H]1c1ccccn1. The van der Waals surface area contributed by atoms with Gasteiger partial charge in [-0.25, -0.2) is 4.79 Å². The van der Waals surface area contributed by atoms with Gasteiger partial charge < -0.3 is 9.47 Å².